The summed E-state index contributed by atoms with van der Waals surface area (Å²) in [7, 11) is 0. The Balaban J connectivity index is 1.71. The smallest absolute Gasteiger partial charge is 0.231 e. The van der Waals surface area contributed by atoms with Gasteiger partial charge in [0.15, 0.2) is 0 Å². The van der Waals surface area contributed by atoms with E-state index in [4.69, 9.17) is 16.3 Å². The largest absolute Gasteiger partial charge is 0.378 e. The second kappa shape index (κ2) is 6.64. The maximum Gasteiger partial charge on any atom is 0.231 e. The number of pyridine rings is 1. The first-order valence-corrected chi connectivity index (χ1v) is 7.07. The van der Waals surface area contributed by atoms with Gasteiger partial charge in [-0.1, -0.05) is 6.07 Å². The fourth-order valence-corrected chi connectivity index (χ4v) is 2.15. The minimum Gasteiger partial charge on any atom is -0.378 e. The van der Waals surface area contributed by atoms with Gasteiger partial charge >= 0.3 is 0 Å². The lowest BCUT2D eigenvalue weighted by atomic mass is 10.3. The lowest BCUT2D eigenvalue weighted by molar-refractivity contribution is 0.122. The third kappa shape index (κ3) is 3.77. The monoisotopic (exact) mass is 306 g/mol. The molecular weight excluding hydrogens is 292 g/mol. The van der Waals surface area contributed by atoms with Crippen LogP contribution in [0.5, 0.6) is 0 Å². The standard InChI is InChI=1S/C13H15ClN6O/c14-11-17-12(16-9-10-3-1-2-4-15-10)19-13(18-11)20-5-7-21-8-6-20/h1-4H,5-9H2,(H,16,17,18,19). The molecule has 3 rings (SSSR count). The molecule has 1 aliphatic heterocycles. The van der Waals surface area contributed by atoms with Crippen molar-refractivity contribution in [3.63, 3.8) is 0 Å². The third-order valence-electron chi connectivity index (χ3n) is 3.04. The molecule has 8 heteroatoms. The average Bonchev–Trinajstić information content (AvgIpc) is 2.54. The maximum absolute atomic E-state index is 5.98. The van der Waals surface area contributed by atoms with E-state index in [-0.39, 0.29) is 5.28 Å². The van der Waals surface area contributed by atoms with Gasteiger partial charge in [0, 0.05) is 19.3 Å². The Morgan fingerprint density at radius 2 is 2.05 bits per heavy atom. The zero-order valence-corrected chi connectivity index (χ0v) is 12.1. The minimum atomic E-state index is 0.176. The van der Waals surface area contributed by atoms with Gasteiger partial charge in [0.1, 0.15) is 0 Å². The topological polar surface area (TPSA) is 76.1 Å². The van der Waals surface area contributed by atoms with Crippen molar-refractivity contribution in [1.29, 1.82) is 0 Å². The molecule has 2 aromatic heterocycles. The summed E-state index contributed by atoms with van der Waals surface area (Å²) in [5.74, 6) is 1.02. The quantitative estimate of drug-likeness (QED) is 0.914. The Morgan fingerprint density at radius 3 is 2.81 bits per heavy atom. The van der Waals surface area contributed by atoms with Gasteiger partial charge in [-0.3, -0.25) is 4.98 Å². The molecule has 1 fully saturated rings. The summed E-state index contributed by atoms with van der Waals surface area (Å²) >= 11 is 5.98. The van der Waals surface area contributed by atoms with E-state index >= 15 is 0 Å². The van der Waals surface area contributed by atoms with Crippen molar-refractivity contribution in [2.24, 2.45) is 0 Å². The van der Waals surface area contributed by atoms with Crippen molar-refractivity contribution >= 4 is 23.5 Å². The van der Waals surface area contributed by atoms with Crippen LogP contribution in [0, 0.1) is 0 Å². The summed E-state index contributed by atoms with van der Waals surface area (Å²) in [4.78, 5) is 18.9. The predicted octanol–water partition coefficient (Wildman–Crippen LogP) is 1.37. The molecule has 0 radical (unpaired) electrons. The highest BCUT2D eigenvalue weighted by atomic mass is 35.5. The Labute approximate surface area is 127 Å². The molecule has 0 saturated carbocycles. The van der Waals surface area contributed by atoms with Crippen LogP contribution in [0.25, 0.3) is 0 Å². The Kier molecular flexibility index (Phi) is 4.42. The molecule has 0 aliphatic carbocycles. The first-order valence-electron chi connectivity index (χ1n) is 6.69. The van der Waals surface area contributed by atoms with Crippen molar-refractivity contribution < 1.29 is 4.74 Å². The number of nitrogens with zero attached hydrogens (tertiary/aromatic N) is 5. The molecule has 1 saturated heterocycles. The third-order valence-corrected chi connectivity index (χ3v) is 3.21. The first kappa shape index (κ1) is 14.0. The minimum absolute atomic E-state index is 0.176. The van der Waals surface area contributed by atoms with Crippen molar-refractivity contribution in [3.8, 4) is 0 Å². The number of morpholine rings is 1. The number of aromatic nitrogens is 4. The van der Waals surface area contributed by atoms with Crippen LogP contribution in [-0.4, -0.2) is 46.2 Å². The van der Waals surface area contributed by atoms with Crippen LogP contribution < -0.4 is 10.2 Å². The van der Waals surface area contributed by atoms with E-state index in [9.17, 15) is 0 Å². The van der Waals surface area contributed by atoms with Crippen LogP contribution in [0.15, 0.2) is 24.4 Å². The number of rotatable bonds is 4. The van der Waals surface area contributed by atoms with Gasteiger partial charge in [-0.15, -0.1) is 0 Å². The molecule has 0 bridgehead atoms. The molecule has 7 nitrogen and oxygen atoms in total. The van der Waals surface area contributed by atoms with Crippen molar-refractivity contribution in [1.82, 2.24) is 19.9 Å². The number of hydrogen-bond donors (Lipinski definition) is 1. The molecule has 0 amide bonds. The summed E-state index contributed by atoms with van der Waals surface area (Å²) in [6.45, 7) is 3.36. The number of anilines is 2. The second-order valence-corrected chi connectivity index (χ2v) is 4.84. The molecule has 110 valence electrons. The fourth-order valence-electron chi connectivity index (χ4n) is 2.00. The molecule has 0 aromatic carbocycles. The maximum atomic E-state index is 5.98. The van der Waals surface area contributed by atoms with Crippen molar-refractivity contribution in [2.75, 3.05) is 36.5 Å². The van der Waals surface area contributed by atoms with Crippen LogP contribution in [0.4, 0.5) is 11.9 Å². The Hall–Kier alpha value is -1.99. The first-order chi connectivity index (χ1) is 10.3. The predicted molar refractivity (Wildman–Crippen MR) is 79.4 cm³/mol. The summed E-state index contributed by atoms with van der Waals surface area (Å²) < 4.78 is 5.32. The van der Waals surface area contributed by atoms with E-state index in [1.54, 1.807) is 6.20 Å². The van der Waals surface area contributed by atoms with Gasteiger partial charge in [0.2, 0.25) is 17.2 Å². The summed E-state index contributed by atoms with van der Waals surface area (Å²) in [6.07, 6.45) is 1.75. The van der Waals surface area contributed by atoms with Crippen LogP contribution in [0.1, 0.15) is 5.69 Å². The molecule has 2 aromatic rings. The molecule has 21 heavy (non-hydrogen) atoms. The second-order valence-electron chi connectivity index (χ2n) is 4.50. The molecular formula is C13H15ClN6O. The van der Waals surface area contributed by atoms with Gasteiger partial charge in [-0.05, 0) is 23.7 Å². The zero-order valence-electron chi connectivity index (χ0n) is 11.4. The summed E-state index contributed by atoms with van der Waals surface area (Å²) in [5, 5.41) is 3.29. The lowest BCUT2D eigenvalue weighted by Gasteiger charge is -2.26. The number of hydrogen-bond acceptors (Lipinski definition) is 7. The van der Waals surface area contributed by atoms with Gasteiger partial charge in [-0.2, -0.15) is 15.0 Å². The highest BCUT2D eigenvalue weighted by molar-refractivity contribution is 6.28. The number of halogens is 1. The summed E-state index contributed by atoms with van der Waals surface area (Å²) in [6, 6.07) is 5.74. The summed E-state index contributed by atoms with van der Waals surface area (Å²) in [5.41, 5.74) is 0.905. The van der Waals surface area contributed by atoms with Crippen LogP contribution in [0.2, 0.25) is 5.28 Å². The molecule has 1 N–H and O–H groups in total. The van der Waals surface area contributed by atoms with E-state index in [2.05, 4.69) is 25.3 Å². The van der Waals surface area contributed by atoms with Gasteiger partial charge < -0.3 is 15.0 Å². The number of nitrogens with one attached hydrogen (secondary N) is 1. The molecule has 0 spiro atoms. The van der Waals surface area contributed by atoms with Gasteiger partial charge in [0.25, 0.3) is 0 Å². The van der Waals surface area contributed by atoms with Gasteiger partial charge in [-0.25, -0.2) is 0 Å². The zero-order chi connectivity index (χ0) is 14.5. The fraction of sp³-hybridized carbons (Fsp3) is 0.385. The Bertz CT molecular complexity index is 590. The Morgan fingerprint density at radius 1 is 1.19 bits per heavy atom. The SMILES string of the molecule is Clc1nc(NCc2ccccn2)nc(N2CCOCC2)n1. The highest BCUT2D eigenvalue weighted by Gasteiger charge is 2.16. The molecule has 1 aliphatic rings. The van der Waals surface area contributed by atoms with E-state index in [0.29, 0.717) is 31.7 Å². The van der Waals surface area contributed by atoms with Crippen molar-refractivity contribution in [2.45, 2.75) is 6.54 Å². The molecule has 0 unspecified atom stereocenters. The van der Waals surface area contributed by atoms with Crippen LogP contribution in [0.3, 0.4) is 0 Å². The van der Waals surface area contributed by atoms with Crippen molar-refractivity contribution in [3.05, 3.63) is 35.4 Å². The van der Waals surface area contributed by atoms with Gasteiger partial charge in [0.05, 0.1) is 25.5 Å². The normalized spacial score (nSPS) is 15.0. The molecule has 0 atom stereocenters. The van der Waals surface area contributed by atoms with E-state index in [0.717, 1.165) is 18.8 Å². The average molecular weight is 307 g/mol. The van der Waals surface area contributed by atoms with E-state index < -0.39 is 0 Å². The van der Waals surface area contributed by atoms with Crippen LogP contribution in [-0.2, 0) is 11.3 Å². The van der Waals surface area contributed by atoms with E-state index in [1.165, 1.54) is 0 Å². The molecule has 3 heterocycles. The van der Waals surface area contributed by atoms with Crippen LogP contribution >= 0.6 is 11.6 Å². The lowest BCUT2D eigenvalue weighted by Crippen LogP contribution is -2.37. The van der Waals surface area contributed by atoms with E-state index in [1.807, 2.05) is 23.1 Å². The number of ether oxygens (including phenoxy) is 1. The highest BCUT2D eigenvalue weighted by Crippen LogP contribution is 2.15.